The Morgan fingerprint density at radius 3 is 2.45 bits per heavy atom. The summed E-state index contributed by atoms with van der Waals surface area (Å²) >= 11 is 1.14. The summed E-state index contributed by atoms with van der Waals surface area (Å²) < 4.78 is 10.1. The fourth-order valence-electron chi connectivity index (χ4n) is 4.76. The highest BCUT2D eigenvalue weighted by atomic mass is 32.2. The molecule has 0 bridgehead atoms. The molecule has 3 amide bonds. The Morgan fingerprint density at radius 1 is 1.09 bits per heavy atom. The van der Waals surface area contributed by atoms with Crippen molar-refractivity contribution in [2.24, 2.45) is 0 Å². The van der Waals surface area contributed by atoms with Gasteiger partial charge in [0.05, 0.1) is 5.39 Å². The molecule has 228 valence electrons. The molecule has 16 heteroatoms. The van der Waals surface area contributed by atoms with Crippen LogP contribution in [0.2, 0.25) is 0 Å². The van der Waals surface area contributed by atoms with E-state index in [2.05, 4.69) is 10.6 Å². The molecule has 1 fully saturated rings. The van der Waals surface area contributed by atoms with Gasteiger partial charge in [-0.15, -0.1) is 11.8 Å². The number of hydrogen-bond donors (Lipinski definition) is 6. The highest BCUT2D eigenvalue weighted by Gasteiger charge is 2.54. The van der Waals surface area contributed by atoms with E-state index in [1.165, 1.54) is 24.3 Å². The van der Waals surface area contributed by atoms with E-state index in [0.717, 1.165) is 42.0 Å². The van der Waals surface area contributed by atoms with Crippen molar-refractivity contribution >= 4 is 52.4 Å². The van der Waals surface area contributed by atoms with E-state index in [9.17, 15) is 49.2 Å². The Labute approximate surface area is 250 Å². The minimum absolute atomic E-state index is 0.0940. The number of aliphatic carboxylic acids is 1. The third kappa shape index (κ3) is 5.49. The standard InChI is InChI=1S/C28H23N3O12S/c1-11(32)42-8-13-10-44-27-20(26(39)31(27)21(13)28(40)41)30-25(38)19(12-2-4-14(33)5-3-12)29-24(37)17-9-43-23-16(22(17)36)6-15(34)7-18(23)35/h2-7,9,19-20,27,33-35H,8,10H2,1H3,(H,29,37)(H,30,38)(H,40,41)/t19?,20-,27+/m1/s1. The van der Waals surface area contributed by atoms with Gasteiger partial charge in [-0.1, -0.05) is 12.1 Å². The zero-order chi connectivity index (χ0) is 31.9. The lowest BCUT2D eigenvalue weighted by atomic mass is 10.0. The Kier molecular flexibility index (Phi) is 7.93. The molecule has 3 aromatic rings. The van der Waals surface area contributed by atoms with Gasteiger partial charge >= 0.3 is 11.9 Å². The highest BCUT2D eigenvalue weighted by molar-refractivity contribution is 8.00. The van der Waals surface area contributed by atoms with Crippen LogP contribution in [-0.2, 0) is 23.9 Å². The minimum Gasteiger partial charge on any atom is -0.508 e. The van der Waals surface area contributed by atoms with Crippen molar-refractivity contribution in [3.8, 4) is 17.2 Å². The number of carbonyl (C=O) groups is 5. The molecule has 1 aromatic heterocycles. The summed E-state index contributed by atoms with van der Waals surface area (Å²) in [4.78, 5) is 77.1. The molecule has 2 aromatic carbocycles. The molecule has 3 atom stereocenters. The second-order valence-electron chi connectivity index (χ2n) is 9.75. The molecule has 44 heavy (non-hydrogen) atoms. The molecule has 2 aliphatic heterocycles. The topological polar surface area (TPSA) is 233 Å². The number of esters is 1. The number of carboxylic acids is 1. The van der Waals surface area contributed by atoms with Crippen LogP contribution < -0.4 is 16.1 Å². The maximum Gasteiger partial charge on any atom is 0.352 e. The lowest BCUT2D eigenvalue weighted by Crippen LogP contribution is -2.71. The first-order chi connectivity index (χ1) is 20.9. The molecular formula is C28H23N3O12S. The number of β-lactam (4-membered cyclic amide) rings is 1. The van der Waals surface area contributed by atoms with Crippen LogP contribution >= 0.6 is 11.8 Å². The predicted molar refractivity (Wildman–Crippen MR) is 150 cm³/mol. The number of amides is 3. The van der Waals surface area contributed by atoms with Gasteiger partial charge in [0.15, 0.2) is 11.3 Å². The molecule has 1 saturated heterocycles. The molecule has 0 spiro atoms. The number of aromatic hydroxyl groups is 3. The average Bonchev–Trinajstić information content (AvgIpc) is 2.97. The Balaban J connectivity index is 1.40. The first-order valence-corrected chi connectivity index (χ1v) is 13.8. The van der Waals surface area contributed by atoms with Gasteiger partial charge in [-0.3, -0.25) is 28.9 Å². The minimum atomic E-state index is -1.51. The third-order valence-electron chi connectivity index (χ3n) is 6.84. The largest absolute Gasteiger partial charge is 0.508 e. The maximum atomic E-state index is 13.5. The lowest BCUT2D eigenvalue weighted by Gasteiger charge is -2.49. The number of nitrogens with one attached hydrogen (secondary N) is 2. The lowest BCUT2D eigenvalue weighted by molar-refractivity contribution is -0.151. The second-order valence-corrected chi connectivity index (χ2v) is 10.9. The van der Waals surface area contributed by atoms with Crippen molar-refractivity contribution in [1.29, 1.82) is 0 Å². The number of rotatable bonds is 8. The molecule has 3 heterocycles. The summed E-state index contributed by atoms with van der Waals surface area (Å²) in [6.45, 7) is 0.834. The quantitative estimate of drug-likeness (QED) is 0.150. The van der Waals surface area contributed by atoms with Crippen LogP contribution in [0.4, 0.5) is 0 Å². The van der Waals surface area contributed by atoms with Gasteiger partial charge < -0.3 is 40.2 Å². The predicted octanol–water partition coefficient (Wildman–Crippen LogP) is 0.683. The van der Waals surface area contributed by atoms with Gasteiger partial charge in [0, 0.05) is 24.3 Å². The van der Waals surface area contributed by atoms with Crippen LogP contribution in [0.25, 0.3) is 11.0 Å². The van der Waals surface area contributed by atoms with Gasteiger partial charge in [-0.25, -0.2) is 4.79 Å². The normalized spacial score (nSPS) is 18.2. The van der Waals surface area contributed by atoms with Gasteiger partial charge in [-0.05, 0) is 23.8 Å². The van der Waals surface area contributed by atoms with E-state index >= 15 is 0 Å². The molecule has 6 N–H and O–H groups in total. The van der Waals surface area contributed by atoms with Crippen LogP contribution in [0.5, 0.6) is 17.2 Å². The molecule has 15 nitrogen and oxygen atoms in total. The maximum absolute atomic E-state index is 13.5. The van der Waals surface area contributed by atoms with Crippen molar-refractivity contribution in [3.05, 3.63) is 75.3 Å². The monoisotopic (exact) mass is 625 g/mol. The summed E-state index contributed by atoms with van der Waals surface area (Å²) in [6.07, 6.45) is 0.779. The van der Waals surface area contributed by atoms with Crippen LogP contribution in [-0.4, -0.2) is 78.8 Å². The number of carboxylic acid groups (broad SMARTS) is 1. The summed E-state index contributed by atoms with van der Waals surface area (Å²) in [5.74, 6) is -5.81. The van der Waals surface area contributed by atoms with E-state index in [0.29, 0.717) is 0 Å². The number of phenolic OH excluding ortho intramolecular Hbond substituents is 3. The molecule has 0 saturated carbocycles. The van der Waals surface area contributed by atoms with Crippen molar-refractivity contribution in [1.82, 2.24) is 15.5 Å². The van der Waals surface area contributed by atoms with Gasteiger partial charge in [0.1, 0.15) is 53.1 Å². The van der Waals surface area contributed by atoms with E-state index in [1.54, 1.807) is 0 Å². The van der Waals surface area contributed by atoms with E-state index < -0.39 is 69.6 Å². The van der Waals surface area contributed by atoms with E-state index in [-0.39, 0.29) is 45.9 Å². The number of thioether (sulfide) groups is 1. The van der Waals surface area contributed by atoms with Crippen molar-refractivity contribution in [3.63, 3.8) is 0 Å². The third-order valence-corrected chi connectivity index (χ3v) is 8.18. The number of ether oxygens (including phenoxy) is 1. The first kappa shape index (κ1) is 30.0. The molecule has 2 aliphatic rings. The Hall–Kier alpha value is -5.51. The number of hydrogen-bond acceptors (Lipinski definition) is 12. The van der Waals surface area contributed by atoms with Crippen LogP contribution in [0.1, 0.15) is 28.9 Å². The summed E-state index contributed by atoms with van der Waals surface area (Å²) in [5, 5.41) is 43.0. The first-order valence-electron chi connectivity index (χ1n) is 12.8. The number of benzene rings is 2. The fraction of sp³-hybridized carbons (Fsp3) is 0.214. The molecule has 0 aliphatic carbocycles. The molecule has 1 unspecified atom stereocenters. The van der Waals surface area contributed by atoms with E-state index in [4.69, 9.17) is 9.15 Å². The Morgan fingerprint density at radius 2 is 1.80 bits per heavy atom. The number of carbonyl (C=O) groups excluding carboxylic acids is 4. The Bertz CT molecular complexity index is 1820. The molecule has 5 rings (SSSR count). The second kappa shape index (κ2) is 11.6. The summed E-state index contributed by atoms with van der Waals surface area (Å²) in [5.41, 5.74) is -1.75. The van der Waals surface area contributed by atoms with Crippen molar-refractivity contribution < 1.29 is 53.6 Å². The fourth-order valence-corrected chi connectivity index (χ4v) is 6.09. The van der Waals surface area contributed by atoms with E-state index in [1.807, 2.05) is 0 Å². The summed E-state index contributed by atoms with van der Waals surface area (Å²) in [6, 6.07) is 4.39. The van der Waals surface area contributed by atoms with Crippen LogP contribution in [0, 0.1) is 0 Å². The molecule has 0 radical (unpaired) electrons. The molecular weight excluding hydrogens is 602 g/mol. The highest BCUT2D eigenvalue weighted by Crippen LogP contribution is 2.40. The zero-order valence-electron chi connectivity index (χ0n) is 22.6. The SMILES string of the molecule is CC(=O)OCC1=C(C(=O)O)N2C(=O)[C@@H](NC(=O)C(NC(=O)c3coc4c(O)cc(O)cc4c3=O)c3ccc(O)cc3)[C@@H]2SC1. The number of fused-ring (bicyclic) bond motifs is 2. The van der Waals surface area contributed by atoms with Crippen molar-refractivity contribution in [2.75, 3.05) is 12.4 Å². The van der Waals surface area contributed by atoms with Gasteiger partial charge in [0.2, 0.25) is 11.3 Å². The van der Waals surface area contributed by atoms with Gasteiger partial charge in [0.25, 0.3) is 11.8 Å². The number of phenols is 3. The van der Waals surface area contributed by atoms with Crippen molar-refractivity contribution in [2.45, 2.75) is 24.4 Å². The smallest absolute Gasteiger partial charge is 0.352 e. The van der Waals surface area contributed by atoms with Crippen LogP contribution in [0.3, 0.4) is 0 Å². The van der Waals surface area contributed by atoms with Crippen LogP contribution in [0.15, 0.2) is 63.1 Å². The summed E-state index contributed by atoms with van der Waals surface area (Å²) in [7, 11) is 0. The average molecular weight is 626 g/mol. The number of nitrogens with zero attached hydrogens (tertiary/aromatic N) is 1. The van der Waals surface area contributed by atoms with Gasteiger partial charge in [-0.2, -0.15) is 0 Å². The zero-order valence-corrected chi connectivity index (χ0v) is 23.4.